The number of Topliss-reactive ketones (excluding diaryl/α,β-unsaturated/α-hetero) is 1. The van der Waals surface area contributed by atoms with Crippen LogP contribution in [0.15, 0.2) is 23.3 Å². The Balaban J connectivity index is 1.99. The molecule has 0 saturated heterocycles. The van der Waals surface area contributed by atoms with E-state index in [9.17, 15) is 4.79 Å². The maximum Gasteiger partial charge on any atom is 0.204 e. The molecule has 0 unspecified atom stereocenters. The molecule has 0 bridgehead atoms. The molecule has 2 rings (SSSR count). The molecule has 1 N–H and O–H groups in total. The van der Waals surface area contributed by atoms with Gasteiger partial charge in [0.25, 0.3) is 0 Å². The first kappa shape index (κ1) is 19.9. The van der Waals surface area contributed by atoms with Crippen molar-refractivity contribution in [3.63, 3.8) is 0 Å². The molecule has 0 spiro atoms. The van der Waals surface area contributed by atoms with E-state index in [2.05, 4.69) is 22.4 Å². The molecule has 1 aromatic heterocycles. The molecule has 6 nitrogen and oxygen atoms in total. The smallest absolute Gasteiger partial charge is 0.204 e. The maximum atomic E-state index is 11.5. The van der Waals surface area contributed by atoms with Gasteiger partial charge in [-0.15, -0.1) is 0 Å². The minimum atomic E-state index is 0.0105. The van der Waals surface area contributed by atoms with Gasteiger partial charge < -0.3 is 9.47 Å². The normalized spacial score (nSPS) is 10.9. The molecular formula is C19H25N3O3S. The summed E-state index contributed by atoms with van der Waals surface area (Å²) < 4.78 is 11.2. The number of rotatable bonds is 10. The first-order chi connectivity index (χ1) is 12.5. The molecule has 26 heavy (non-hydrogen) atoms. The number of aryl methyl sites for hydroxylation is 1. The third-order valence-electron chi connectivity index (χ3n) is 3.68. The van der Waals surface area contributed by atoms with E-state index in [1.807, 2.05) is 25.1 Å². The molecule has 1 aromatic carbocycles. The number of thiazole rings is 1. The summed E-state index contributed by atoms with van der Waals surface area (Å²) in [7, 11) is 1.62. The number of hydrazone groups is 1. The lowest BCUT2D eigenvalue weighted by molar-refractivity contribution is 0.102. The summed E-state index contributed by atoms with van der Waals surface area (Å²) in [6.45, 7) is 6.19. The molecule has 7 heteroatoms. The number of ketones is 1. The number of nitrogens with one attached hydrogen (secondary N) is 1. The average molecular weight is 375 g/mol. The van der Waals surface area contributed by atoms with Crippen molar-refractivity contribution in [1.82, 2.24) is 4.98 Å². The molecule has 1 heterocycles. The first-order valence-electron chi connectivity index (χ1n) is 8.63. The Kier molecular flexibility index (Phi) is 7.59. The number of hydrogen-bond donors (Lipinski definition) is 1. The number of anilines is 1. The number of hydrogen-bond acceptors (Lipinski definition) is 7. The van der Waals surface area contributed by atoms with Crippen LogP contribution in [0.5, 0.6) is 11.5 Å². The van der Waals surface area contributed by atoms with Gasteiger partial charge in [-0.2, -0.15) is 5.10 Å². The highest BCUT2D eigenvalue weighted by molar-refractivity contribution is 7.17. The number of aromatic nitrogens is 1. The molecule has 0 saturated carbocycles. The van der Waals surface area contributed by atoms with Gasteiger partial charge in [-0.3, -0.25) is 10.2 Å². The van der Waals surface area contributed by atoms with Gasteiger partial charge in [-0.25, -0.2) is 4.98 Å². The predicted molar refractivity (Wildman–Crippen MR) is 106 cm³/mol. The number of benzene rings is 1. The summed E-state index contributed by atoms with van der Waals surface area (Å²) in [4.78, 5) is 16.4. The summed E-state index contributed by atoms with van der Waals surface area (Å²) in [6, 6.07) is 5.67. The summed E-state index contributed by atoms with van der Waals surface area (Å²) in [6.07, 6.45) is 5.02. The number of carbonyl (C=O) groups is 1. The Morgan fingerprint density at radius 2 is 2.15 bits per heavy atom. The number of unbranched alkanes of at least 4 members (excludes halogenated alkanes) is 2. The van der Waals surface area contributed by atoms with E-state index in [1.54, 1.807) is 13.3 Å². The van der Waals surface area contributed by atoms with Crippen LogP contribution in [0.4, 0.5) is 5.13 Å². The van der Waals surface area contributed by atoms with Crippen molar-refractivity contribution < 1.29 is 14.3 Å². The summed E-state index contributed by atoms with van der Waals surface area (Å²) in [5.74, 6) is 1.42. The molecule has 2 aromatic rings. The molecule has 0 aliphatic heterocycles. The Labute approximate surface area is 158 Å². The zero-order valence-electron chi connectivity index (χ0n) is 15.7. The van der Waals surface area contributed by atoms with Crippen LogP contribution in [0.2, 0.25) is 0 Å². The molecular weight excluding hydrogens is 350 g/mol. The first-order valence-corrected chi connectivity index (χ1v) is 9.45. The van der Waals surface area contributed by atoms with Crippen LogP contribution in [-0.2, 0) is 0 Å². The van der Waals surface area contributed by atoms with Crippen LogP contribution in [-0.4, -0.2) is 30.7 Å². The topological polar surface area (TPSA) is 72.8 Å². The fourth-order valence-electron chi connectivity index (χ4n) is 2.35. The van der Waals surface area contributed by atoms with Crippen LogP contribution in [0.25, 0.3) is 0 Å². The minimum absolute atomic E-state index is 0.0105. The predicted octanol–water partition coefficient (Wildman–Crippen LogP) is 4.68. The van der Waals surface area contributed by atoms with E-state index < -0.39 is 0 Å². The summed E-state index contributed by atoms with van der Waals surface area (Å²) >= 11 is 1.30. The number of nitrogens with zero attached hydrogens (tertiary/aromatic N) is 2. The van der Waals surface area contributed by atoms with Gasteiger partial charge in [0, 0.05) is 6.92 Å². The Morgan fingerprint density at radius 3 is 2.81 bits per heavy atom. The van der Waals surface area contributed by atoms with Gasteiger partial charge in [0.2, 0.25) is 5.13 Å². The zero-order chi connectivity index (χ0) is 18.9. The number of carbonyl (C=O) groups excluding carboxylic acids is 1. The highest BCUT2D eigenvalue weighted by Gasteiger charge is 2.10. The van der Waals surface area contributed by atoms with Gasteiger partial charge in [0.1, 0.15) is 0 Å². The average Bonchev–Trinajstić information content (AvgIpc) is 3.00. The molecule has 0 aliphatic rings. The SMILES string of the molecule is CCCCCOc1ccc(/C=N\Nc2nc(C)c(C(C)=O)s2)cc1OC. The van der Waals surface area contributed by atoms with E-state index in [-0.39, 0.29) is 5.78 Å². The fourth-order valence-corrected chi connectivity index (χ4v) is 3.16. The van der Waals surface area contributed by atoms with E-state index in [0.29, 0.717) is 28.1 Å². The third kappa shape index (κ3) is 5.56. The third-order valence-corrected chi connectivity index (χ3v) is 4.85. The molecule has 0 amide bonds. The molecule has 140 valence electrons. The molecule has 0 radical (unpaired) electrons. The number of methoxy groups -OCH3 is 1. The van der Waals surface area contributed by atoms with E-state index >= 15 is 0 Å². The lowest BCUT2D eigenvalue weighted by Gasteiger charge is -2.11. The van der Waals surface area contributed by atoms with Crippen molar-refractivity contribution in [2.24, 2.45) is 5.10 Å². The van der Waals surface area contributed by atoms with Crippen molar-refractivity contribution in [2.75, 3.05) is 19.1 Å². The quantitative estimate of drug-likeness (QED) is 0.282. The van der Waals surface area contributed by atoms with Gasteiger partial charge in [0.15, 0.2) is 17.3 Å². The highest BCUT2D eigenvalue weighted by Crippen LogP contribution is 2.28. The monoisotopic (exact) mass is 375 g/mol. The minimum Gasteiger partial charge on any atom is -0.493 e. The summed E-state index contributed by atoms with van der Waals surface area (Å²) in [5, 5.41) is 4.77. The molecule has 0 aliphatic carbocycles. The van der Waals surface area contributed by atoms with Gasteiger partial charge in [0.05, 0.1) is 30.5 Å². The molecule has 0 atom stereocenters. The second-order valence-electron chi connectivity index (χ2n) is 5.83. The number of ether oxygens (including phenoxy) is 2. The lowest BCUT2D eigenvalue weighted by atomic mass is 10.2. The fraction of sp³-hybridized carbons (Fsp3) is 0.421. The van der Waals surface area contributed by atoms with Crippen LogP contribution in [0, 0.1) is 6.92 Å². The standard InChI is InChI=1S/C19H25N3O3S/c1-5-6-7-10-25-16-9-8-15(11-17(16)24-4)12-20-22-19-21-13(2)18(26-19)14(3)23/h8-9,11-12H,5-7,10H2,1-4H3,(H,21,22)/b20-12-. The van der Waals surface area contributed by atoms with Crippen molar-refractivity contribution >= 4 is 28.5 Å². The second-order valence-corrected chi connectivity index (χ2v) is 6.82. The van der Waals surface area contributed by atoms with Crippen LogP contribution >= 0.6 is 11.3 Å². The van der Waals surface area contributed by atoms with Crippen LogP contribution in [0.1, 0.15) is 54.0 Å². The van der Waals surface area contributed by atoms with Gasteiger partial charge in [-0.05, 0) is 37.1 Å². The van der Waals surface area contributed by atoms with Crippen LogP contribution in [0.3, 0.4) is 0 Å². The summed E-state index contributed by atoms with van der Waals surface area (Å²) in [5.41, 5.74) is 4.45. The van der Waals surface area contributed by atoms with E-state index in [0.717, 1.165) is 30.6 Å². The largest absolute Gasteiger partial charge is 0.493 e. The second kappa shape index (κ2) is 9.91. The zero-order valence-corrected chi connectivity index (χ0v) is 16.5. The van der Waals surface area contributed by atoms with Crippen molar-refractivity contribution in [3.05, 3.63) is 34.3 Å². The maximum absolute atomic E-state index is 11.5. The molecule has 0 fully saturated rings. The highest BCUT2D eigenvalue weighted by atomic mass is 32.1. The van der Waals surface area contributed by atoms with Gasteiger partial charge >= 0.3 is 0 Å². The van der Waals surface area contributed by atoms with Gasteiger partial charge in [-0.1, -0.05) is 31.1 Å². The Morgan fingerprint density at radius 1 is 1.35 bits per heavy atom. The van der Waals surface area contributed by atoms with Crippen molar-refractivity contribution in [3.8, 4) is 11.5 Å². The Hall–Kier alpha value is -2.41. The lowest BCUT2D eigenvalue weighted by Crippen LogP contribution is -2.00. The van der Waals surface area contributed by atoms with E-state index in [4.69, 9.17) is 9.47 Å². The van der Waals surface area contributed by atoms with Crippen molar-refractivity contribution in [2.45, 2.75) is 40.0 Å². The van der Waals surface area contributed by atoms with E-state index in [1.165, 1.54) is 18.3 Å². The Bertz CT molecular complexity index is 771. The van der Waals surface area contributed by atoms with Crippen molar-refractivity contribution in [1.29, 1.82) is 0 Å². The van der Waals surface area contributed by atoms with Crippen LogP contribution < -0.4 is 14.9 Å².